The van der Waals surface area contributed by atoms with E-state index in [9.17, 15) is 0 Å². The van der Waals surface area contributed by atoms with Crippen LogP contribution in [0.4, 0.5) is 0 Å². The summed E-state index contributed by atoms with van der Waals surface area (Å²) in [4.78, 5) is 6.94. The van der Waals surface area contributed by atoms with E-state index in [0.717, 1.165) is 45.0 Å². The average molecular weight is 245 g/mol. The molecule has 1 aliphatic heterocycles. The van der Waals surface area contributed by atoms with Crippen molar-refractivity contribution in [1.29, 1.82) is 0 Å². The highest BCUT2D eigenvalue weighted by Crippen LogP contribution is 2.09. The lowest BCUT2D eigenvalue weighted by Gasteiger charge is -2.19. The lowest BCUT2D eigenvalue weighted by Crippen LogP contribution is -2.30. The highest BCUT2D eigenvalue weighted by atomic mass is 15.1. The fraction of sp³-hybridized carbons (Fsp3) is 0.533. The smallest absolute Gasteiger partial charge is 0.128 e. The number of aliphatic imine (C=N–C) groups is 1. The van der Waals surface area contributed by atoms with Gasteiger partial charge in [0.25, 0.3) is 0 Å². The van der Waals surface area contributed by atoms with Crippen molar-refractivity contribution in [1.82, 2.24) is 10.2 Å². The topological polar surface area (TPSA) is 27.6 Å². The minimum atomic E-state index is 0.948. The van der Waals surface area contributed by atoms with E-state index in [2.05, 4.69) is 53.3 Å². The Morgan fingerprint density at radius 3 is 2.44 bits per heavy atom. The van der Waals surface area contributed by atoms with Crippen molar-refractivity contribution in [2.24, 2.45) is 4.99 Å². The van der Waals surface area contributed by atoms with Gasteiger partial charge in [0.15, 0.2) is 0 Å². The zero-order chi connectivity index (χ0) is 12.8. The van der Waals surface area contributed by atoms with Crippen LogP contribution in [0.5, 0.6) is 0 Å². The van der Waals surface area contributed by atoms with Gasteiger partial charge >= 0.3 is 0 Å². The normalized spacial score (nSPS) is 15.4. The number of nitrogens with zero attached hydrogens (tertiary/aromatic N) is 2. The van der Waals surface area contributed by atoms with Crippen LogP contribution in [0.2, 0.25) is 0 Å². The predicted molar refractivity (Wildman–Crippen MR) is 77.1 cm³/mol. The van der Waals surface area contributed by atoms with E-state index < -0.39 is 0 Å². The summed E-state index contributed by atoms with van der Waals surface area (Å²) in [7, 11) is 0. The Hall–Kier alpha value is -1.35. The van der Waals surface area contributed by atoms with Gasteiger partial charge in [0.1, 0.15) is 5.84 Å². The Kier molecular flexibility index (Phi) is 4.76. The van der Waals surface area contributed by atoms with E-state index >= 15 is 0 Å². The summed E-state index contributed by atoms with van der Waals surface area (Å²) in [6, 6.07) is 8.78. The Balaban J connectivity index is 2.03. The second-order valence-corrected chi connectivity index (χ2v) is 4.67. The molecule has 0 amide bonds. The third-order valence-corrected chi connectivity index (χ3v) is 3.43. The van der Waals surface area contributed by atoms with Crippen molar-refractivity contribution in [3.8, 4) is 0 Å². The van der Waals surface area contributed by atoms with E-state index in [1.54, 1.807) is 0 Å². The molecule has 0 fully saturated rings. The fourth-order valence-electron chi connectivity index (χ4n) is 2.20. The highest BCUT2D eigenvalue weighted by molar-refractivity contribution is 5.99. The standard InChI is InChI=1S/C15H23N3/c1-3-18(4-2)12-13-6-8-14(9-7-13)15-16-10-5-11-17-15/h6-9H,3-5,10-12H2,1-2H3,(H,16,17). The Morgan fingerprint density at radius 1 is 1.17 bits per heavy atom. The minimum Gasteiger partial charge on any atom is -0.370 e. The molecule has 3 heteroatoms. The molecule has 0 aromatic heterocycles. The van der Waals surface area contributed by atoms with Crippen LogP contribution >= 0.6 is 0 Å². The maximum atomic E-state index is 4.52. The number of rotatable bonds is 5. The van der Waals surface area contributed by atoms with Gasteiger partial charge < -0.3 is 5.32 Å². The molecule has 98 valence electrons. The Bertz CT molecular complexity index is 391. The van der Waals surface area contributed by atoms with Crippen LogP contribution in [-0.4, -0.2) is 36.9 Å². The number of nitrogens with one attached hydrogen (secondary N) is 1. The predicted octanol–water partition coefficient (Wildman–Crippen LogP) is 2.27. The van der Waals surface area contributed by atoms with Crippen molar-refractivity contribution >= 4 is 5.84 Å². The van der Waals surface area contributed by atoms with Crippen LogP contribution in [0, 0.1) is 0 Å². The van der Waals surface area contributed by atoms with E-state index in [1.807, 2.05) is 0 Å². The molecule has 1 aromatic rings. The SMILES string of the molecule is CCN(CC)Cc1ccc(C2=NCCCN2)cc1. The van der Waals surface area contributed by atoms with Gasteiger partial charge in [-0.15, -0.1) is 0 Å². The van der Waals surface area contributed by atoms with E-state index in [0.29, 0.717) is 0 Å². The number of benzene rings is 1. The first-order chi connectivity index (χ1) is 8.83. The van der Waals surface area contributed by atoms with E-state index in [1.165, 1.54) is 11.1 Å². The molecule has 18 heavy (non-hydrogen) atoms. The second kappa shape index (κ2) is 6.55. The van der Waals surface area contributed by atoms with Crippen molar-refractivity contribution in [3.05, 3.63) is 35.4 Å². The molecule has 1 heterocycles. The van der Waals surface area contributed by atoms with Crippen LogP contribution < -0.4 is 5.32 Å². The molecule has 0 bridgehead atoms. The average Bonchev–Trinajstić information content (AvgIpc) is 2.46. The van der Waals surface area contributed by atoms with Gasteiger partial charge in [0.2, 0.25) is 0 Å². The minimum absolute atomic E-state index is 0.948. The molecule has 0 atom stereocenters. The van der Waals surface area contributed by atoms with Gasteiger partial charge in [-0.25, -0.2) is 0 Å². The van der Waals surface area contributed by atoms with Gasteiger partial charge in [0.05, 0.1) is 0 Å². The Labute approximate surface area is 110 Å². The molecular formula is C15H23N3. The van der Waals surface area contributed by atoms with Crippen molar-refractivity contribution < 1.29 is 0 Å². The monoisotopic (exact) mass is 245 g/mol. The third kappa shape index (κ3) is 3.33. The highest BCUT2D eigenvalue weighted by Gasteiger charge is 2.07. The summed E-state index contributed by atoms with van der Waals surface area (Å²) in [6.07, 6.45) is 1.14. The molecule has 0 radical (unpaired) electrons. The van der Waals surface area contributed by atoms with Gasteiger partial charge in [-0.3, -0.25) is 9.89 Å². The summed E-state index contributed by atoms with van der Waals surface area (Å²) < 4.78 is 0. The molecule has 0 unspecified atom stereocenters. The molecular weight excluding hydrogens is 222 g/mol. The lowest BCUT2D eigenvalue weighted by molar-refractivity contribution is 0.296. The summed E-state index contributed by atoms with van der Waals surface area (Å²) >= 11 is 0. The lowest BCUT2D eigenvalue weighted by atomic mass is 10.1. The van der Waals surface area contributed by atoms with Crippen LogP contribution in [0.15, 0.2) is 29.3 Å². The zero-order valence-corrected chi connectivity index (χ0v) is 11.4. The maximum Gasteiger partial charge on any atom is 0.128 e. The maximum absolute atomic E-state index is 4.52. The fourth-order valence-corrected chi connectivity index (χ4v) is 2.20. The molecule has 1 aromatic carbocycles. The molecule has 1 N–H and O–H groups in total. The molecule has 0 saturated heterocycles. The summed E-state index contributed by atoms with van der Waals surface area (Å²) in [5.74, 6) is 1.05. The van der Waals surface area contributed by atoms with E-state index in [-0.39, 0.29) is 0 Å². The summed E-state index contributed by atoms with van der Waals surface area (Å²) in [5, 5.41) is 3.36. The van der Waals surface area contributed by atoms with Crippen LogP contribution in [-0.2, 0) is 6.54 Å². The first-order valence-electron chi connectivity index (χ1n) is 6.93. The number of hydrogen-bond acceptors (Lipinski definition) is 3. The third-order valence-electron chi connectivity index (χ3n) is 3.43. The van der Waals surface area contributed by atoms with Gasteiger partial charge in [-0.05, 0) is 25.1 Å². The second-order valence-electron chi connectivity index (χ2n) is 4.67. The molecule has 1 aliphatic rings. The molecule has 0 spiro atoms. The zero-order valence-electron chi connectivity index (χ0n) is 11.4. The first kappa shape index (κ1) is 13.1. The Morgan fingerprint density at radius 2 is 1.89 bits per heavy atom. The molecule has 0 saturated carbocycles. The van der Waals surface area contributed by atoms with Crippen molar-refractivity contribution in [2.45, 2.75) is 26.8 Å². The van der Waals surface area contributed by atoms with Crippen LogP contribution in [0.3, 0.4) is 0 Å². The number of hydrogen-bond donors (Lipinski definition) is 1. The van der Waals surface area contributed by atoms with Crippen LogP contribution in [0.25, 0.3) is 0 Å². The number of amidine groups is 1. The van der Waals surface area contributed by atoms with Gasteiger partial charge in [0, 0.05) is 25.2 Å². The molecule has 3 nitrogen and oxygen atoms in total. The summed E-state index contributed by atoms with van der Waals surface area (Å²) in [5.41, 5.74) is 2.58. The van der Waals surface area contributed by atoms with Gasteiger partial charge in [-0.1, -0.05) is 38.1 Å². The quantitative estimate of drug-likeness (QED) is 0.861. The van der Waals surface area contributed by atoms with Crippen molar-refractivity contribution in [2.75, 3.05) is 26.2 Å². The van der Waals surface area contributed by atoms with Crippen molar-refractivity contribution in [3.63, 3.8) is 0 Å². The van der Waals surface area contributed by atoms with E-state index in [4.69, 9.17) is 0 Å². The van der Waals surface area contributed by atoms with Gasteiger partial charge in [-0.2, -0.15) is 0 Å². The largest absolute Gasteiger partial charge is 0.370 e. The van der Waals surface area contributed by atoms with Crippen LogP contribution in [0.1, 0.15) is 31.4 Å². The summed E-state index contributed by atoms with van der Waals surface area (Å²) in [6.45, 7) is 9.65. The first-order valence-corrected chi connectivity index (χ1v) is 6.93. The molecule has 2 rings (SSSR count). The molecule has 0 aliphatic carbocycles.